The van der Waals surface area contributed by atoms with Crippen molar-refractivity contribution in [1.82, 2.24) is 4.98 Å². The number of hydrogen-bond acceptors (Lipinski definition) is 2. The van der Waals surface area contributed by atoms with E-state index in [1.807, 2.05) is 19.1 Å². The number of pyridine rings is 1. The number of rotatable bonds is 1. The van der Waals surface area contributed by atoms with Gasteiger partial charge in [-0.1, -0.05) is 0 Å². The molecule has 1 rings (SSSR count). The molecule has 2 N–H and O–H groups in total. The van der Waals surface area contributed by atoms with E-state index in [0.717, 1.165) is 15.0 Å². The molecule has 54 valence electrons. The molecule has 2 nitrogen and oxygen atoms in total. The first-order valence-corrected chi connectivity index (χ1v) is 4.13. The number of nitrogens with two attached hydrogens (primary N) is 1. The van der Waals surface area contributed by atoms with Gasteiger partial charge in [-0.25, -0.2) is 4.98 Å². The molecule has 3 heteroatoms. The summed E-state index contributed by atoms with van der Waals surface area (Å²) in [7, 11) is 0. The van der Waals surface area contributed by atoms with Crippen LogP contribution in [0.2, 0.25) is 0 Å². The third-order valence-electron chi connectivity index (χ3n) is 1.22. The molecular weight excluding hydrogens is 239 g/mol. The summed E-state index contributed by atoms with van der Waals surface area (Å²) in [6.07, 6.45) is 0. The van der Waals surface area contributed by atoms with Crippen LogP contribution >= 0.6 is 22.6 Å². The largest absolute Gasteiger partial charge is 0.326 e. The standard InChI is InChI=1S/C7H9IN2/c1-5-2-6(4-9)3-7(8)10-5/h2-3H,4,9H2,1H3. The van der Waals surface area contributed by atoms with Gasteiger partial charge in [-0.3, -0.25) is 0 Å². The van der Waals surface area contributed by atoms with E-state index < -0.39 is 0 Å². The van der Waals surface area contributed by atoms with Crippen LogP contribution in [0.5, 0.6) is 0 Å². The van der Waals surface area contributed by atoms with Crippen molar-refractivity contribution in [1.29, 1.82) is 0 Å². The van der Waals surface area contributed by atoms with E-state index >= 15 is 0 Å². The summed E-state index contributed by atoms with van der Waals surface area (Å²) in [6.45, 7) is 2.57. The highest BCUT2D eigenvalue weighted by Gasteiger charge is 1.93. The maximum absolute atomic E-state index is 5.46. The Balaban J connectivity index is 3.06. The third-order valence-corrected chi connectivity index (χ3v) is 1.77. The Hall–Kier alpha value is -0.160. The van der Waals surface area contributed by atoms with Gasteiger partial charge in [0.2, 0.25) is 0 Å². The van der Waals surface area contributed by atoms with E-state index in [0.29, 0.717) is 6.54 Å². The fraction of sp³-hybridized carbons (Fsp3) is 0.286. The van der Waals surface area contributed by atoms with Gasteiger partial charge in [0.1, 0.15) is 3.70 Å². The van der Waals surface area contributed by atoms with Crippen LogP contribution in [-0.4, -0.2) is 4.98 Å². The molecule has 0 saturated carbocycles. The van der Waals surface area contributed by atoms with Crippen LogP contribution in [-0.2, 0) is 6.54 Å². The zero-order valence-electron chi connectivity index (χ0n) is 5.76. The van der Waals surface area contributed by atoms with Gasteiger partial charge < -0.3 is 5.73 Å². The first-order valence-electron chi connectivity index (χ1n) is 3.05. The Labute approximate surface area is 74.0 Å². The van der Waals surface area contributed by atoms with Crippen LogP contribution in [0.3, 0.4) is 0 Å². The lowest BCUT2D eigenvalue weighted by Crippen LogP contribution is -1.98. The Morgan fingerprint density at radius 3 is 2.80 bits per heavy atom. The number of halogens is 1. The molecule has 0 aliphatic carbocycles. The Bertz CT molecular complexity index is 215. The Morgan fingerprint density at radius 2 is 2.30 bits per heavy atom. The van der Waals surface area contributed by atoms with E-state index in [-0.39, 0.29) is 0 Å². The SMILES string of the molecule is Cc1cc(CN)cc(I)n1. The molecular formula is C7H9IN2. The van der Waals surface area contributed by atoms with Gasteiger partial charge in [-0.15, -0.1) is 0 Å². The van der Waals surface area contributed by atoms with Crippen molar-refractivity contribution in [2.75, 3.05) is 0 Å². The second-order valence-electron chi connectivity index (χ2n) is 2.14. The van der Waals surface area contributed by atoms with Gasteiger partial charge in [0.15, 0.2) is 0 Å². The molecule has 1 aromatic heterocycles. The molecule has 0 bridgehead atoms. The number of nitrogens with zero attached hydrogens (tertiary/aromatic N) is 1. The monoisotopic (exact) mass is 248 g/mol. The average Bonchev–Trinajstić information content (AvgIpc) is 1.85. The topological polar surface area (TPSA) is 38.9 Å². The van der Waals surface area contributed by atoms with Crippen LogP contribution in [0.4, 0.5) is 0 Å². The number of aryl methyl sites for hydroxylation is 1. The maximum Gasteiger partial charge on any atom is 0.101 e. The lowest BCUT2D eigenvalue weighted by molar-refractivity contribution is 1.03. The van der Waals surface area contributed by atoms with Crippen LogP contribution in [0.15, 0.2) is 12.1 Å². The first-order chi connectivity index (χ1) is 4.72. The highest BCUT2D eigenvalue weighted by molar-refractivity contribution is 14.1. The van der Waals surface area contributed by atoms with E-state index in [1.54, 1.807) is 0 Å². The van der Waals surface area contributed by atoms with Crippen LogP contribution < -0.4 is 5.73 Å². The summed E-state index contributed by atoms with van der Waals surface area (Å²) in [5.41, 5.74) is 7.64. The first kappa shape index (κ1) is 7.94. The lowest BCUT2D eigenvalue weighted by atomic mass is 10.2. The minimum Gasteiger partial charge on any atom is -0.326 e. The number of hydrogen-bond donors (Lipinski definition) is 1. The molecule has 0 fully saturated rings. The summed E-state index contributed by atoms with van der Waals surface area (Å²) < 4.78 is 1.01. The normalized spacial score (nSPS) is 9.90. The molecule has 0 atom stereocenters. The van der Waals surface area contributed by atoms with Crippen molar-refractivity contribution in [2.24, 2.45) is 5.73 Å². The molecule has 0 aliphatic heterocycles. The quantitative estimate of drug-likeness (QED) is 0.603. The summed E-state index contributed by atoms with van der Waals surface area (Å²) in [5.74, 6) is 0. The fourth-order valence-electron chi connectivity index (χ4n) is 0.814. The van der Waals surface area contributed by atoms with Gasteiger partial charge in [-0.2, -0.15) is 0 Å². The zero-order valence-corrected chi connectivity index (χ0v) is 7.92. The molecule has 0 amide bonds. The summed E-state index contributed by atoms with van der Waals surface area (Å²) in [6, 6.07) is 4.00. The van der Waals surface area contributed by atoms with Gasteiger partial charge >= 0.3 is 0 Å². The lowest BCUT2D eigenvalue weighted by Gasteiger charge is -1.98. The Morgan fingerprint density at radius 1 is 1.60 bits per heavy atom. The van der Waals surface area contributed by atoms with Crippen molar-refractivity contribution < 1.29 is 0 Å². The van der Waals surface area contributed by atoms with Gasteiger partial charge in [0, 0.05) is 12.2 Å². The van der Waals surface area contributed by atoms with E-state index in [2.05, 4.69) is 27.6 Å². The second kappa shape index (κ2) is 3.30. The summed E-state index contributed by atoms with van der Waals surface area (Å²) >= 11 is 2.19. The maximum atomic E-state index is 5.46. The van der Waals surface area contributed by atoms with E-state index in [4.69, 9.17) is 5.73 Å². The zero-order chi connectivity index (χ0) is 7.56. The summed E-state index contributed by atoms with van der Waals surface area (Å²) in [4.78, 5) is 4.21. The highest BCUT2D eigenvalue weighted by Crippen LogP contribution is 2.06. The molecule has 0 unspecified atom stereocenters. The smallest absolute Gasteiger partial charge is 0.101 e. The minimum absolute atomic E-state index is 0.597. The van der Waals surface area contributed by atoms with Gasteiger partial charge in [-0.05, 0) is 47.2 Å². The van der Waals surface area contributed by atoms with E-state index in [9.17, 15) is 0 Å². The molecule has 0 radical (unpaired) electrons. The van der Waals surface area contributed by atoms with Crippen molar-refractivity contribution in [3.8, 4) is 0 Å². The van der Waals surface area contributed by atoms with Crippen molar-refractivity contribution in [3.05, 3.63) is 27.1 Å². The third kappa shape index (κ3) is 1.91. The van der Waals surface area contributed by atoms with Crippen LogP contribution in [0.25, 0.3) is 0 Å². The van der Waals surface area contributed by atoms with Gasteiger partial charge in [0.05, 0.1) is 0 Å². The van der Waals surface area contributed by atoms with Crippen molar-refractivity contribution in [2.45, 2.75) is 13.5 Å². The average molecular weight is 248 g/mol. The van der Waals surface area contributed by atoms with E-state index in [1.165, 1.54) is 0 Å². The number of aromatic nitrogens is 1. The predicted molar refractivity (Wildman–Crippen MR) is 49.6 cm³/mol. The second-order valence-corrected chi connectivity index (χ2v) is 3.25. The predicted octanol–water partition coefficient (Wildman–Crippen LogP) is 1.45. The van der Waals surface area contributed by atoms with Gasteiger partial charge in [0.25, 0.3) is 0 Å². The highest BCUT2D eigenvalue weighted by atomic mass is 127. The van der Waals surface area contributed by atoms with Crippen LogP contribution in [0.1, 0.15) is 11.3 Å². The van der Waals surface area contributed by atoms with Crippen LogP contribution in [0, 0.1) is 10.6 Å². The molecule has 10 heavy (non-hydrogen) atoms. The molecule has 1 heterocycles. The summed E-state index contributed by atoms with van der Waals surface area (Å²) in [5, 5.41) is 0. The Kier molecular flexibility index (Phi) is 2.62. The fourth-order valence-corrected chi connectivity index (χ4v) is 1.59. The minimum atomic E-state index is 0.597. The molecule has 0 aromatic carbocycles. The van der Waals surface area contributed by atoms with Crippen molar-refractivity contribution >= 4 is 22.6 Å². The molecule has 0 aliphatic rings. The molecule has 0 spiro atoms. The van der Waals surface area contributed by atoms with Crippen molar-refractivity contribution in [3.63, 3.8) is 0 Å². The molecule has 1 aromatic rings. The molecule has 0 saturated heterocycles.